The highest BCUT2D eigenvalue weighted by molar-refractivity contribution is 8.18. The molecular formula is C22H14FN3O6S. The first-order valence-corrected chi connectivity index (χ1v) is 10.3. The molecule has 3 aromatic rings. The van der Waals surface area contributed by atoms with E-state index in [-0.39, 0.29) is 22.0 Å². The molecule has 0 spiro atoms. The standard InChI is InChI=1S/C22H14FN3O6S/c23-16-3-1-2-4-17(16)24-20(27)12-25-21(28)19(33-22(25)29)11-15-9-10-18(32-15)13-5-7-14(8-6-13)26(30)31/h1-11H,12H2,(H,24,27)/b19-11+. The Balaban J connectivity index is 1.45. The van der Waals surface area contributed by atoms with E-state index in [9.17, 15) is 28.9 Å². The smallest absolute Gasteiger partial charge is 0.294 e. The largest absolute Gasteiger partial charge is 0.457 e. The van der Waals surface area contributed by atoms with Gasteiger partial charge in [-0.15, -0.1) is 0 Å². The van der Waals surface area contributed by atoms with Crippen LogP contribution in [-0.2, 0) is 9.59 Å². The minimum Gasteiger partial charge on any atom is -0.457 e. The van der Waals surface area contributed by atoms with Crippen LogP contribution in [0.5, 0.6) is 0 Å². The van der Waals surface area contributed by atoms with Gasteiger partial charge in [0, 0.05) is 23.8 Å². The van der Waals surface area contributed by atoms with Crippen LogP contribution in [-0.4, -0.2) is 33.4 Å². The molecule has 9 nitrogen and oxygen atoms in total. The number of nitro benzene ring substituents is 1. The van der Waals surface area contributed by atoms with Gasteiger partial charge >= 0.3 is 0 Å². The summed E-state index contributed by atoms with van der Waals surface area (Å²) in [7, 11) is 0. The molecule has 2 aromatic carbocycles. The summed E-state index contributed by atoms with van der Waals surface area (Å²) in [5.74, 6) is -1.34. The lowest BCUT2D eigenvalue weighted by molar-refractivity contribution is -0.384. The molecule has 0 radical (unpaired) electrons. The van der Waals surface area contributed by atoms with E-state index >= 15 is 0 Å². The van der Waals surface area contributed by atoms with Crippen molar-refractivity contribution in [3.8, 4) is 11.3 Å². The quantitative estimate of drug-likeness (QED) is 0.317. The highest BCUT2D eigenvalue weighted by Gasteiger charge is 2.36. The van der Waals surface area contributed by atoms with E-state index in [0.717, 1.165) is 4.90 Å². The number of para-hydroxylation sites is 1. The summed E-state index contributed by atoms with van der Waals surface area (Å²) in [4.78, 5) is 48.1. The van der Waals surface area contributed by atoms with E-state index in [2.05, 4.69) is 5.32 Å². The van der Waals surface area contributed by atoms with Gasteiger partial charge in [-0.1, -0.05) is 12.1 Å². The van der Waals surface area contributed by atoms with E-state index < -0.39 is 34.3 Å². The van der Waals surface area contributed by atoms with Gasteiger partial charge in [0.05, 0.1) is 15.5 Å². The predicted octanol–water partition coefficient (Wildman–Crippen LogP) is 4.67. The molecule has 1 fully saturated rings. The lowest BCUT2D eigenvalue weighted by Crippen LogP contribution is -2.36. The molecule has 1 aliphatic heterocycles. The van der Waals surface area contributed by atoms with Gasteiger partial charge in [0.15, 0.2) is 0 Å². The fourth-order valence-electron chi connectivity index (χ4n) is 2.99. The van der Waals surface area contributed by atoms with Crippen molar-refractivity contribution in [3.05, 3.63) is 87.3 Å². The van der Waals surface area contributed by atoms with Crippen molar-refractivity contribution in [1.29, 1.82) is 0 Å². The topological polar surface area (TPSA) is 123 Å². The fraction of sp³-hybridized carbons (Fsp3) is 0.0455. The van der Waals surface area contributed by atoms with Gasteiger partial charge < -0.3 is 9.73 Å². The van der Waals surface area contributed by atoms with Crippen molar-refractivity contribution in [2.45, 2.75) is 0 Å². The molecule has 33 heavy (non-hydrogen) atoms. The first-order valence-electron chi connectivity index (χ1n) is 9.46. The Hall–Kier alpha value is -4.25. The summed E-state index contributed by atoms with van der Waals surface area (Å²) < 4.78 is 19.3. The number of imide groups is 1. The number of carbonyl (C=O) groups is 3. The van der Waals surface area contributed by atoms with Gasteiger partial charge in [-0.25, -0.2) is 4.39 Å². The number of nitrogens with zero attached hydrogens (tertiary/aromatic N) is 2. The van der Waals surface area contributed by atoms with Gasteiger partial charge in [-0.3, -0.25) is 29.4 Å². The number of nitrogens with one attached hydrogen (secondary N) is 1. The van der Waals surface area contributed by atoms with Crippen molar-refractivity contribution in [2.24, 2.45) is 0 Å². The number of carbonyl (C=O) groups excluding carboxylic acids is 3. The summed E-state index contributed by atoms with van der Waals surface area (Å²) in [5, 5.41) is 12.5. The Morgan fingerprint density at radius 1 is 1.12 bits per heavy atom. The molecule has 0 saturated carbocycles. The van der Waals surface area contributed by atoms with Crippen molar-refractivity contribution >= 4 is 46.3 Å². The van der Waals surface area contributed by atoms with Crippen LogP contribution >= 0.6 is 11.8 Å². The number of hydrogen-bond donors (Lipinski definition) is 1. The number of non-ortho nitro benzene ring substituents is 1. The van der Waals surface area contributed by atoms with Gasteiger partial charge in [-0.2, -0.15) is 0 Å². The SMILES string of the molecule is O=C(CN1C(=O)S/C(=C/c2ccc(-c3ccc([N+](=O)[O-])cc3)o2)C1=O)Nc1ccccc1F. The highest BCUT2D eigenvalue weighted by Crippen LogP contribution is 2.33. The van der Waals surface area contributed by atoms with Gasteiger partial charge in [-0.05, 0) is 48.2 Å². The number of nitro groups is 1. The second-order valence-corrected chi connectivity index (χ2v) is 7.80. The zero-order valence-electron chi connectivity index (χ0n) is 16.7. The normalized spacial score (nSPS) is 14.7. The zero-order chi connectivity index (χ0) is 23.5. The van der Waals surface area contributed by atoms with Crippen LogP contribution in [0.25, 0.3) is 17.4 Å². The zero-order valence-corrected chi connectivity index (χ0v) is 17.5. The van der Waals surface area contributed by atoms with Crippen molar-refractivity contribution in [1.82, 2.24) is 4.90 Å². The molecule has 11 heteroatoms. The third-order valence-corrected chi connectivity index (χ3v) is 5.49. The third-order valence-electron chi connectivity index (χ3n) is 4.59. The van der Waals surface area contributed by atoms with Crippen molar-refractivity contribution < 1.29 is 28.1 Å². The maximum Gasteiger partial charge on any atom is 0.294 e. The number of anilines is 1. The lowest BCUT2D eigenvalue weighted by atomic mass is 10.1. The minimum absolute atomic E-state index is 0.0561. The molecular weight excluding hydrogens is 453 g/mol. The van der Waals surface area contributed by atoms with Crippen LogP contribution in [0.4, 0.5) is 20.6 Å². The van der Waals surface area contributed by atoms with E-state index in [0.29, 0.717) is 23.1 Å². The van der Waals surface area contributed by atoms with Crippen LogP contribution in [0.2, 0.25) is 0 Å². The Morgan fingerprint density at radius 3 is 2.55 bits per heavy atom. The summed E-state index contributed by atoms with van der Waals surface area (Å²) in [6.45, 7) is -0.567. The molecule has 1 aliphatic rings. The Labute approximate surface area is 190 Å². The summed E-state index contributed by atoms with van der Waals surface area (Å²) >= 11 is 0.648. The molecule has 0 unspecified atom stereocenters. The molecule has 0 aliphatic carbocycles. The van der Waals surface area contributed by atoms with Crippen molar-refractivity contribution in [2.75, 3.05) is 11.9 Å². The average molecular weight is 467 g/mol. The molecule has 166 valence electrons. The molecule has 1 saturated heterocycles. The minimum atomic E-state index is -0.720. The van der Waals surface area contributed by atoms with Crippen LogP contribution in [0.15, 0.2) is 70.0 Å². The Kier molecular flexibility index (Phi) is 6.05. The maximum absolute atomic E-state index is 13.7. The lowest BCUT2D eigenvalue weighted by Gasteiger charge is -2.12. The Morgan fingerprint density at radius 2 is 1.85 bits per heavy atom. The van der Waals surface area contributed by atoms with Crippen molar-refractivity contribution in [3.63, 3.8) is 0 Å². The second kappa shape index (κ2) is 9.09. The molecule has 0 atom stereocenters. The number of rotatable bonds is 6. The second-order valence-electron chi connectivity index (χ2n) is 6.80. The number of hydrogen-bond acceptors (Lipinski definition) is 7. The molecule has 3 amide bonds. The summed E-state index contributed by atoms with van der Waals surface area (Å²) in [6.07, 6.45) is 1.37. The first-order chi connectivity index (χ1) is 15.8. The number of benzene rings is 2. The maximum atomic E-state index is 13.7. The van der Waals surface area contributed by atoms with Crippen LogP contribution < -0.4 is 5.32 Å². The predicted molar refractivity (Wildman–Crippen MR) is 119 cm³/mol. The fourth-order valence-corrected chi connectivity index (χ4v) is 3.81. The first kappa shape index (κ1) is 22.0. The van der Waals surface area contributed by atoms with Crippen LogP contribution in [0.3, 0.4) is 0 Å². The highest BCUT2D eigenvalue weighted by atomic mass is 32.2. The molecule has 2 heterocycles. The summed E-state index contributed by atoms with van der Waals surface area (Å²) in [6, 6.07) is 14.5. The van der Waals surface area contributed by atoms with Crippen LogP contribution in [0.1, 0.15) is 5.76 Å². The molecule has 1 N–H and O–H groups in total. The molecule has 0 bridgehead atoms. The average Bonchev–Trinajstić information content (AvgIpc) is 3.36. The van der Waals surface area contributed by atoms with E-state index in [1.165, 1.54) is 54.6 Å². The number of thioether (sulfide) groups is 1. The monoisotopic (exact) mass is 467 g/mol. The van der Waals surface area contributed by atoms with Crippen LogP contribution in [0, 0.1) is 15.9 Å². The van der Waals surface area contributed by atoms with Gasteiger partial charge in [0.1, 0.15) is 23.9 Å². The number of amides is 3. The number of halogens is 1. The molecule has 1 aromatic heterocycles. The van der Waals surface area contributed by atoms with E-state index in [4.69, 9.17) is 4.42 Å². The van der Waals surface area contributed by atoms with Gasteiger partial charge in [0.2, 0.25) is 5.91 Å². The van der Waals surface area contributed by atoms with Gasteiger partial charge in [0.25, 0.3) is 16.8 Å². The Bertz CT molecular complexity index is 1300. The third kappa shape index (κ3) is 4.83. The summed E-state index contributed by atoms with van der Waals surface area (Å²) in [5.41, 5.74) is 0.482. The number of furan rings is 1. The van der Waals surface area contributed by atoms with E-state index in [1.54, 1.807) is 12.1 Å². The molecule has 4 rings (SSSR count). The van der Waals surface area contributed by atoms with E-state index in [1.807, 2.05) is 0 Å².